The van der Waals surface area contributed by atoms with Crippen molar-refractivity contribution in [2.24, 2.45) is 4.99 Å². The Hall–Kier alpha value is -1.57. The van der Waals surface area contributed by atoms with Crippen molar-refractivity contribution in [2.45, 2.75) is 25.7 Å². The van der Waals surface area contributed by atoms with Crippen LogP contribution in [-0.4, -0.2) is 12.8 Å². The van der Waals surface area contributed by atoms with Crippen LogP contribution in [0, 0.1) is 0 Å². The Labute approximate surface area is 97.1 Å². The Bertz CT molecular complexity index is 420. The second-order valence-corrected chi connectivity index (χ2v) is 4.45. The molecule has 1 heterocycles. The Morgan fingerprint density at radius 1 is 1.38 bits per heavy atom. The lowest BCUT2D eigenvalue weighted by atomic mass is 9.79. The van der Waals surface area contributed by atoms with Crippen LogP contribution >= 0.6 is 0 Å². The van der Waals surface area contributed by atoms with Gasteiger partial charge in [-0.25, -0.2) is 0 Å². The average Bonchev–Trinajstić information content (AvgIpc) is 2.40. The summed E-state index contributed by atoms with van der Waals surface area (Å²) in [5.74, 6) is 0. The van der Waals surface area contributed by atoms with Gasteiger partial charge in [-0.3, -0.25) is 4.99 Å². The van der Waals surface area contributed by atoms with Crippen molar-refractivity contribution in [3.05, 3.63) is 42.1 Å². The summed E-state index contributed by atoms with van der Waals surface area (Å²) in [6.07, 6.45) is 6.83. The molecule has 1 aliphatic rings. The molecular formula is C14H18N2. The van der Waals surface area contributed by atoms with Crippen molar-refractivity contribution in [1.29, 1.82) is 0 Å². The fourth-order valence-corrected chi connectivity index (χ4v) is 2.02. The number of anilines is 1. The summed E-state index contributed by atoms with van der Waals surface area (Å²) in [4.78, 5) is 4.46. The van der Waals surface area contributed by atoms with Crippen LogP contribution in [0.15, 0.2) is 41.5 Å². The van der Waals surface area contributed by atoms with Gasteiger partial charge in [0.25, 0.3) is 0 Å². The van der Waals surface area contributed by atoms with Gasteiger partial charge in [-0.2, -0.15) is 0 Å². The van der Waals surface area contributed by atoms with E-state index < -0.39 is 0 Å². The third-order valence-electron chi connectivity index (χ3n) is 3.32. The highest BCUT2D eigenvalue weighted by Gasteiger charge is 2.26. The van der Waals surface area contributed by atoms with E-state index in [2.05, 4.69) is 48.4 Å². The fourth-order valence-electron chi connectivity index (χ4n) is 2.02. The van der Waals surface area contributed by atoms with Gasteiger partial charge in [-0.05, 0) is 24.1 Å². The van der Waals surface area contributed by atoms with Gasteiger partial charge >= 0.3 is 0 Å². The van der Waals surface area contributed by atoms with Crippen molar-refractivity contribution in [3.63, 3.8) is 0 Å². The van der Waals surface area contributed by atoms with E-state index >= 15 is 0 Å². The molecule has 2 nitrogen and oxygen atoms in total. The summed E-state index contributed by atoms with van der Waals surface area (Å²) in [5, 5.41) is 3.32. The maximum absolute atomic E-state index is 4.46. The molecule has 1 N–H and O–H groups in total. The molecule has 0 saturated heterocycles. The molecular weight excluding hydrogens is 196 g/mol. The number of benzene rings is 1. The third-order valence-corrected chi connectivity index (χ3v) is 3.32. The second-order valence-electron chi connectivity index (χ2n) is 4.45. The van der Waals surface area contributed by atoms with Crippen LogP contribution in [0.4, 0.5) is 5.69 Å². The summed E-state index contributed by atoms with van der Waals surface area (Å²) in [6, 6.07) is 8.48. The summed E-state index contributed by atoms with van der Waals surface area (Å²) in [5.41, 5.74) is 2.65. The van der Waals surface area contributed by atoms with E-state index in [0.29, 0.717) is 0 Å². The zero-order chi connectivity index (χ0) is 11.4. The molecule has 0 fully saturated rings. The molecule has 0 radical (unpaired) electrons. The van der Waals surface area contributed by atoms with Gasteiger partial charge in [0.05, 0.1) is 0 Å². The minimum Gasteiger partial charge on any atom is -0.361 e. The number of fused-ring (bicyclic) bond motifs is 1. The minimum absolute atomic E-state index is 0.117. The van der Waals surface area contributed by atoms with Crippen LogP contribution in [0.3, 0.4) is 0 Å². The Balaban J connectivity index is 2.50. The van der Waals surface area contributed by atoms with Gasteiger partial charge in [-0.1, -0.05) is 32.0 Å². The van der Waals surface area contributed by atoms with Gasteiger partial charge in [0.2, 0.25) is 0 Å². The maximum atomic E-state index is 4.46. The molecule has 16 heavy (non-hydrogen) atoms. The molecule has 0 bridgehead atoms. The molecule has 84 valence electrons. The van der Waals surface area contributed by atoms with Crippen LogP contribution in [-0.2, 0) is 5.41 Å². The molecule has 1 unspecified atom stereocenters. The Kier molecular flexibility index (Phi) is 3.09. The maximum Gasteiger partial charge on any atom is 0.0484 e. The molecule has 1 aliphatic heterocycles. The van der Waals surface area contributed by atoms with E-state index in [4.69, 9.17) is 0 Å². The molecule has 2 rings (SSSR count). The summed E-state index contributed by atoms with van der Waals surface area (Å²) in [6.45, 7) is 5.33. The van der Waals surface area contributed by atoms with E-state index in [9.17, 15) is 0 Å². The lowest BCUT2D eigenvalue weighted by molar-refractivity contribution is 0.471. The van der Waals surface area contributed by atoms with Crippen molar-refractivity contribution in [1.82, 2.24) is 0 Å². The standard InChI is InChI=1S/C14H18N2/c1-3-14(2)11-15-9-6-10-16-13-8-5-4-7-12(13)14/h4-10,16H,3,11H2,1-2H3/b10-6-,15-9?. The van der Waals surface area contributed by atoms with Crippen molar-refractivity contribution in [2.75, 3.05) is 11.9 Å². The van der Waals surface area contributed by atoms with Crippen molar-refractivity contribution >= 4 is 11.9 Å². The molecule has 0 aromatic heterocycles. The number of hydrogen-bond donors (Lipinski definition) is 1. The zero-order valence-corrected chi connectivity index (χ0v) is 9.90. The zero-order valence-electron chi connectivity index (χ0n) is 9.90. The van der Waals surface area contributed by atoms with Crippen LogP contribution in [0.1, 0.15) is 25.8 Å². The smallest absolute Gasteiger partial charge is 0.0484 e. The number of allylic oxidation sites excluding steroid dienone is 1. The third kappa shape index (κ3) is 2.01. The minimum atomic E-state index is 0.117. The van der Waals surface area contributed by atoms with E-state index in [1.165, 1.54) is 11.3 Å². The monoisotopic (exact) mass is 214 g/mol. The molecule has 1 aromatic rings. The number of nitrogens with one attached hydrogen (secondary N) is 1. The first-order valence-corrected chi connectivity index (χ1v) is 5.77. The largest absolute Gasteiger partial charge is 0.361 e. The van der Waals surface area contributed by atoms with Gasteiger partial charge in [-0.15, -0.1) is 0 Å². The van der Waals surface area contributed by atoms with Gasteiger partial charge in [0, 0.05) is 30.1 Å². The summed E-state index contributed by atoms with van der Waals surface area (Å²) in [7, 11) is 0. The van der Waals surface area contributed by atoms with Crippen LogP contribution < -0.4 is 5.32 Å². The highest BCUT2D eigenvalue weighted by molar-refractivity contribution is 5.72. The Morgan fingerprint density at radius 2 is 2.19 bits per heavy atom. The topological polar surface area (TPSA) is 24.4 Å². The van der Waals surface area contributed by atoms with Gasteiger partial charge in [0.1, 0.15) is 0 Å². The first-order chi connectivity index (χ1) is 7.76. The van der Waals surface area contributed by atoms with E-state index in [1.54, 1.807) is 0 Å². The van der Waals surface area contributed by atoms with Crippen molar-refractivity contribution < 1.29 is 0 Å². The fraction of sp³-hybridized carbons (Fsp3) is 0.357. The number of hydrogen-bond acceptors (Lipinski definition) is 2. The van der Waals surface area contributed by atoms with E-state index in [-0.39, 0.29) is 5.41 Å². The predicted molar refractivity (Wildman–Crippen MR) is 70.2 cm³/mol. The Morgan fingerprint density at radius 3 is 3.00 bits per heavy atom. The summed E-state index contributed by atoms with van der Waals surface area (Å²) < 4.78 is 0. The lowest BCUT2D eigenvalue weighted by Gasteiger charge is -2.28. The predicted octanol–water partition coefficient (Wildman–Crippen LogP) is 3.36. The molecule has 0 aliphatic carbocycles. The normalized spacial score (nSPS) is 25.9. The molecule has 1 atom stereocenters. The van der Waals surface area contributed by atoms with Crippen molar-refractivity contribution in [3.8, 4) is 0 Å². The quantitative estimate of drug-likeness (QED) is 0.761. The first kappa shape index (κ1) is 10.9. The number of rotatable bonds is 1. The summed E-state index contributed by atoms with van der Waals surface area (Å²) >= 11 is 0. The highest BCUT2D eigenvalue weighted by atomic mass is 14.9. The molecule has 0 amide bonds. The highest BCUT2D eigenvalue weighted by Crippen LogP contribution is 2.33. The van der Waals surface area contributed by atoms with Gasteiger partial charge < -0.3 is 5.32 Å². The lowest BCUT2D eigenvalue weighted by Crippen LogP contribution is -2.25. The molecule has 2 heteroatoms. The number of para-hydroxylation sites is 1. The molecule has 1 aromatic carbocycles. The van der Waals surface area contributed by atoms with Crippen LogP contribution in [0.5, 0.6) is 0 Å². The van der Waals surface area contributed by atoms with E-state index in [1.807, 2.05) is 18.5 Å². The second kappa shape index (κ2) is 4.52. The van der Waals surface area contributed by atoms with Gasteiger partial charge in [0.15, 0.2) is 0 Å². The molecule has 0 saturated carbocycles. The first-order valence-electron chi connectivity index (χ1n) is 5.77. The number of aliphatic imine (C=N–C) groups is 1. The van der Waals surface area contributed by atoms with E-state index in [0.717, 1.165) is 13.0 Å². The van der Waals surface area contributed by atoms with Crippen LogP contribution in [0.2, 0.25) is 0 Å². The molecule has 0 spiro atoms. The SMILES string of the molecule is CCC1(C)CN=C/C=C\Nc2ccccc21. The average molecular weight is 214 g/mol. The van der Waals surface area contributed by atoms with Crippen LogP contribution in [0.25, 0.3) is 0 Å². The number of nitrogens with zero attached hydrogens (tertiary/aromatic N) is 1.